The van der Waals surface area contributed by atoms with E-state index < -0.39 is 10.0 Å². The number of piperidine rings is 1. The van der Waals surface area contributed by atoms with Crippen molar-refractivity contribution in [1.29, 1.82) is 0 Å². The Balaban J connectivity index is 1.66. The van der Waals surface area contributed by atoms with E-state index in [9.17, 15) is 8.42 Å². The second-order valence-corrected chi connectivity index (χ2v) is 9.16. The lowest BCUT2D eigenvalue weighted by Crippen LogP contribution is -2.56. The van der Waals surface area contributed by atoms with Gasteiger partial charge in [-0.2, -0.15) is 4.31 Å². The Hall–Kier alpha value is -1.63. The Labute approximate surface area is 149 Å². The van der Waals surface area contributed by atoms with Crippen LogP contribution >= 0.6 is 0 Å². The minimum absolute atomic E-state index is 0.0198. The van der Waals surface area contributed by atoms with E-state index in [1.54, 1.807) is 10.6 Å². The Morgan fingerprint density at radius 3 is 2.56 bits per heavy atom. The van der Waals surface area contributed by atoms with Gasteiger partial charge in [-0.1, -0.05) is 30.3 Å². The van der Waals surface area contributed by atoms with Crippen LogP contribution in [0.5, 0.6) is 0 Å². The molecule has 4 rings (SSSR count). The van der Waals surface area contributed by atoms with Crippen molar-refractivity contribution >= 4 is 10.0 Å². The molecule has 3 heterocycles. The summed E-state index contributed by atoms with van der Waals surface area (Å²) in [6.07, 6.45) is 4.88. The van der Waals surface area contributed by atoms with E-state index >= 15 is 0 Å². The first kappa shape index (κ1) is 16.8. The number of hydrogen-bond donors (Lipinski definition) is 0. The van der Waals surface area contributed by atoms with Gasteiger partial charge in [0.15, 0.2) is 0 Å². The standard InChI is InChI=1S/C19H24N2O3S/c1-25(22,23)21-12-10-19(16-6-3-2-4-7-16)9-11-20(15-18(19)21)14-17-8-5-13-24-17/h2-8,13,18H,9-12,14-15H2,1H3/t18-,19-/m0/s1. The topological polar surface area (TPSA) is 53.8 Å². The highest BCUT2D eigenvalue weighted by atomic mass is 32.2. The molecule has 1 aromatic carbocycles. The van der Waals surface area contributed by atoms with Crippen LogP contribution in [0, 0.1) is 0 Å². The Morgan fingerprint density at radius 2 is 1.88 bits per heavy atom. The second kappa shape index (κ2) is 6.27. The smallest absolute Gasteiger partial charge is 0.211 e. The summed E-state index contributed by atoms with van der Waals surface area (Å²) < 4.78 is 31.9. The number of hydrogen-bond acceptors (Lipinski definition) is 4. The summed E-state index contributed by atoms with van der Waals surface area (Å²) in [7, 11) is -3.22. The Bertz CT molecular complexity index is 820. The maximum Gasteiger partial charge on any atom is 0.211 e. The maximum atomic E-state index is 12.4. The molecule has 2 saturated heterocycles. The number of benzene rings is 1. The van der Waals surface area contributed by atoms with Gasteiger partial charge >= 0.3 is 0 Å². The van der Waals surface area contributed by atoms with Crippen molar-refractivity contribution in [2.24, 2.45) is 0 Å². The van der Waals surface area contributed by atoms with Gasteiger partial charge in [-0.25, -0.2) is 8.42 Å². The highest BCUT2D eigenvalue weighted by Gasteiger charge is 2.53. The van der Waals surface area contributed by atoms with Gasteiger partial charge in [0.25, 0.3) is 0 Å². The summed E-state index contributed by atoms with van der Waals surface area (Å²) in [4.78, 5) is 2.31. The Kier molecular flexibility index (Phi) is 4.22. The first-order chi connectivity index (χ1) is 12.0. The largest absolute Gasteiger partial charge is 0.468 e. The van der Waals surface area contributed by atoms with Crippen molar-refractivity contribution in [3.05, 3.63) is 60.1 Å². The highest BCUT2D eigenvalue weighted by Crippen LogP contribution is 2.46. The zero-order valence-electron chi connectivity index (χ0n) is 14.5. The van der Waals surface area contributed by atoms with Crippen LogP contribution in [-0.4, -0.2) is 49.6 Å². The molecule has 0 bridgehead atoms. The SMILES string of the molecule is CS(=O)(=O)N1CC[C@]2(c3ccccc3)CCN(Cc3ccco3)C[C@H]12. The lowest BCUT2D eigenvalue weighted by molar-refractivity contribution is 0.105. The van der Waals surface area contributed by atoms with E-state index in [1.807, 2.05) is 18.2 Å². The summed E-state index contributed by atoms with van der Waals surface area (Å²) in [5.74, 6) is 0.927. The van der Waals surface area contributed by atoms with E-state index in [0.717, 1.165) is 38.2 Å². The summed E-state index contributed by atoms with van der Waals surface area (Å²) in [6, 6.07) is 14.3. The van der Waals surface area contributed by atoms with Gasteiger partial charge in [0.2, 0.25) is 10.0 Å². The van der Waals surface area contributed by atoms with Crippen LogP contribution in [0.15, 0.2) is 53.1 Å². The minimum atomic E-state index is -3.22. The van der Waals surface area contributed by atoms with Gasteiger partial charge in [0.05, 0.1) is 19.1 Å². The average Bonchev–Trinajstić information content (AvgIpc) is 3.23. The monoisotopic (exact) mass is 360 g/mol. The minimum Gasteiger partial charge on any atom is -0.468 e. The molecule has 6 heteroatoms. The zero-order chi connectivity index (χ0) is 17.5. The molecule has 0 spiro atoms. The fourth-order valence-electron chi connectivity index (χ4n) is 4.57. The predicted molar refractivity (Wildman–Crippen MR) is 96.7 cm³/mol. The third-order valence-corrected chi connectivity index (χ3v) is 7.09. The van der Waals surface area contributed by atoms with Gasteiger partial charge in [-0.3, -0.25) is 4.90 Å². The van der Waals surface area contributed by atoms with Crippen molar-refractivity contribution in [2.75, 3.05) is 25.9 Å². The summed E-state index contributed by atoms with van der Waals surface area (Å²) in [5.41, 5.74) is 1.19. The second-order valence-electron chi connectivity index (χ2n) is 7.23. The molecule has 2 aliphatic heterocycles. The van der Waals surface area contributed by atoms with Gasteiger partial charge in [0, 0.05) is 24.5 Å². The number of fused-ring (bicyclic) bond motifs is 1. The maximum absolute atomic E-state index is 12.4. The summed E-state index contributed by atoms with van der Waals surface area (Å²) in [5, 5.41) is 0. The van der Waals surface area contributed by atoms with Crippen molar-refractivity contribution in [3.63, 3.8) is 0 Å². The average molecular weight is 360 g/mol. The molecule has 25 heavy (non-hydrogen) atoms. The first-order valence-electron chi connectivity index (χ1n) is 8.76. The van der Waals surface area contributed by atoms with Gasteiger partial charge in [-0.15, -0.1) is 0 Å². The molecular weight excluding hydrogens is 336 g/mol. The van der Waals surface area contributed by atoms with Crippen molar-refractivity contribution in [2.45, 2.75) is 30.8 Å². The predicted octanol–water partition coefficient (Wildman–Crippen LogP) is 2.46. The molecule has 2 fully saturated rings. The Morgan fingerprint density at radius 1 is 1.12 bits per heavy atom. The van der Waals surface area contributed by atoms with Crippen LogP contribution in [-0.2, 0) is 22.0 Å². The molecular formula is C19H24N2O3S. The van der Waals surface area contributed by atoms with E-state index in [2.05, 4.69) is 29.2 Å². The van der Waals surface area contributed by atoms with E-state index in [4.69, 9.17) is 4.42 Å². The van der Waals surface area contributed by atoms with E-state index in [-0.39, 0.29) is 11.5 Å². The van der Waals surface area contributed by atoms with Crippen molar-refractivity contribution in [1.82, 2.24) is 9.21 Å². The molecule has 2 aliphatic rings. The molecule has 2 atom stereocenters. The normalized spacial score (nSPS) is 28.1. The third-order valence-electron chi connectivity index (χ3n) is 5.80. The number of likely N-dealkylation sites (tertiary alicyclic amines) is 1. The molecule has 5 nitrogen and oxygen atoms in total. The van der Waals surface area contributed by atoms with Crippen LogP contribution in [0.25, 0.3) is 0 Å². The molecule has 0 aliphatic carbocycles. The summed E-state index contributed by atoms with van der Waals surface area (Å²) in [6.45, 7) is 3.02. The van der Waals surface area contributed by atoms with E-state index in [0.29, 0.717) is 6.54 Å². The van der Waals surface area contributed by atoms with Gasteiger partial charge in [-0.05, 0) is 37.1 Å². The fourth-order valence-corrected chi connectivity index (χ4v) is 5.73. The molecule has 134 valence electrons. The van der Waals surface area contributed by atoms with E-state index in [1.165, 1.54) is 11.8 Å². The first-order valence-corrected chi connectivity index (χ1v) is 10.6. The lowest BCUT2D eigenvalue weighted by atomic mass is 9.69. The number of rotatable bonds is 4. The number of nitrogens with zero attached hydrogens (tertiary/aromatic N) is 2. The van der Waals surface area contributed by atoms with Crippen LogP contribution in [0.4, 0.5) is 0 Å². The molecule has 0 N–H and O–H groups in total. The molecule has 1 aromatic heterocycles. The van der Waals surface area contributed by atoms with Crippen molar-refractivity contribution < 1.29 is 12.8 Å². The quantitative estimate of drug-likeness (QED) is 0.840. The van der Waals surface area contributed by atoms with Crippen LogP contribution in [0.2, 0.25) is 0 Å². The molecule has 0 saturated carbocycles. The van der Waals surface area contributed by atoms with Crippen LogP contribution in [0.3, 0.4) is 0 Å². The van der Waals surface area contributed by atoms with Crippen LogP contribution in [0.1, 0.15) is 24.2 Å². The lowest BCUT2D eigenvalue weighted by Gasteiger charge is -2.46. The summed E-state index contributed by atoms with van der Waals surface area (Å²) >= 11 is 0. The highest BCUT2D eigenvalue weighted by molar-refractivity contribution is 7.88. The molecule has 2 aromatic rings. The van der Waals surface area contributed by atoms with Crippen LogP contribution < -0.4 is 0 Å². The molecule has 0 unspecified atom stereocenters. The molecule has 0 amide bonds. The molecule has 0 radical (unpaired) electrons. The number of furan rings is 1. The van der Waals surface area contributed by atoms with Gasteiger partial charge in [0.1, 0.15) is 5.76 Å². The number of sulfonamides is 1. The third kappa shape index (κ3) is 3.03. The fraction of sp³-hybridized carbons (Fsp3) is 0.474. The van der Waals surface area contributed by atoms with Crippen molar-refractivity contribution in [3.8, 4) is 0 Å². The zero-order valence-corrected chi connectivity index (χ0v) is 15.3. The van der Waals surface area contributed by atoms with Gasteiger partial charge < -0.3 is 4.42 Å².